The van der Waals surface area contributed by atoms with E-state index in [1.807, 2.05) is 0 Å². The molecule has 0 heterocycles. The molecule has 2 atom stereocenters. The van der Waals surface area contributed by atoms with Crippen molar-refractivity contribution in [2.45, 2.75) is 25.2 Å². The van der Waals surface area contributed by atoms with Crippen molar-refractivity contribution in [3.05, 3.63) is 0 Å². The molecule has 0 rings (SSSR count). The number of carboxylic acid groups (broad SMARTS) is 1. The van der Waals surface area contributed by atoms with Crippen LogP contribution in [0.15, 0.2) is 0 Å². The third-order valence-electron chi connectivity index (χ3n) is 1.81. The molecule has 0 aromatic carbocycles. The highest BCUT2D eigenvalue weighted by Gasteiger charge is 2.13. The average Bonchev–Trinajstić information content (AvgIpc) is 2.30. The van der Waals surface area contributed by atoms with Crippen LogP contribution in [0.1, 0.15) is 12.8 Å². The van der Waals surface area contributed by atoms with E-state index in [2.05, 4.69) is 11.2 Å². The maximum atomic E-state index is 11.2. The van der Waals surface area contributed by atoms with Gasteiger partial charge in [-0.25, -0.2) is 0 Å². The summed E-state index contributed by atoms with van der Waals surface area (Å²) in [5.74, 6) is 0.570. The van der Waals surface area contributed by atoms with Gasteiger partial charge in [0.25, 0.3) is 0 Å². The van der Waals surface area contributed by atoms with Crippen LogP contribution in [0.2, 0.25) is 0 Å². The third-order valence-corrected chi connectivity index (χ3v) is 1.81. The van der Waals surface area contributed by atoms with Crippen LogP contribution in [-0.4, -0.2) is 47.6 Å². The summed E-state index contributed by atoms with van der Waals surface area (Å²) in [5.41, 5.74) is 5.18. The zero-order chi connectivity index (χ0) is 13.3. The van der Waals surface area contributed by atoms with E-state index in [1.165, 1.54) is 0 Å². The molecule has 0 saturated heterocycles. The van der Waals surface area contributed by atoms with Crippen molar-refractivity contribution in [3.63, 3.8) is 0 Å². The highest BCUT2D eigenvalue weighted by Crippen LogP contribution is 1.98. The van der Waals surface area contributed by atoms with E-state index in [-0.39, 0.29) is 26.0 Å². The van der Waals surface area contributed by atoms with Crippen LogP contribution in [0.25, 0.3) is 0 Å². The van der Waals surface area contributed by atoms with Crippen molar-refractivity contribution in [3.8, 4) is 12.3 Å². The van der Waals surface area contributed by atoms with Crippen LogP contribution in [0, 0.1) is 12.3 Å². The van der Waals surface area contributed by atoms with Gasteiger partial charge in [-0.3, -0.25) is 9.59 Å². The number of hydrogen-bond acceptors (Lipinski definition) is 5. The molecule has 0 aliphatic carbocycles. The Hall–Kier alpha value is -1.62. The second-order valence-corrected chi connectivity index (χ2v) is 3.26. The smallest absolute Gasteiger partial charge is 0.322 e. The summed E-state index contributed by atoms with van der Waals surface area (Å²) >= 11 is 0. The molecule has 0 spiro atoms. The number of aliphatic carboxylic acids is 1. The van der Waals surface area contributed by atoms with Crippen LogP contribution < -0.4 is 11.1 Å². The number of nitrogens with two attached hydrogens (primary N) is 1. The third kappa shape index (κ3) is 8.21. The summed E-state index contributed by atoms with van der Waals surface area (Å²) in [6.07, 6.45) is 3.88. The fourth-order valence-corrected chi connectivity index (χ4v) is 0.882. The second kappa shape index (κ2) is 8.52. The number of amides is 1. The number of aliphatic hydroxyl groups excluding tert-OH is 1. The van der Waals surface area contributed by atoms with Crippen LogP contribution >= 0.6 is 0 Å². The number of ether oxygens (including phenoxy) is 1. The fourth-order valence-electron chi connectivity index (χ4n) is 0.882. The lowest BCUT2D eigenvalue weighted by Gasteiger charge is -2.11. The highest BCUT2D eigenvalue weighted by atomic mass is 16.6. The van der Waals surface area contributed by atoms with Gasteiger partial charge in [-0.2, -0.15) is 0 Å². The maximum Gasteiger partial charge on any atom is 0.322 e. The summed E-state index contributed by atoms with van der Waals surface area (Å²) in [6, 6.07) is -1.14. The van der Waals surface area contributed by atoms with Gasteiger partial charge in [-0.1, -0.05) is 5.92 Å². The predicted molar refractivity (Wildman–Crippen MR) is 58.6 cm³/mol. The number of terminal acetylenes is 1. The van der Waals surface area contributed by atoms with Gasteiger partial charge in [0.1, 0.15) is 12.6 Å². The van der Waals surface area contributed by atoms with Crippen LogP contribution in [-0.2, 0) is 14.3 Å². The maximum absolute atomic E-state index is 11.2. The molecule has 0 aromatic rings. The van der Waals surface area contributed by atoms with Gasteiger partial charge >= 0.3 is 5.97 Å². The molecule has 17 heavy (non-hydrogen) atoms. The van der Waals surface area contributed by atoms with Crippen molar-refractivity contribution in [1.29, 1.82) is 0 Å². The summed E-state index contributed by atoms with van der Waals surface area (Å²) in [5, 5.41) is 20.0. The normalized spacial score (nSPS) is 13.5. The van der Waals surface area contributed by atoms with E-state index in [0.717, 1.165) is 0 Å². The predicted octanol–water partition coefficient (Wildman–Crippen LogP) is -1.74. The van der Waals surface area contributed by atoms with Gasteiger partial charge in [0.05, 0.1) is 0 Å². The Morgan fingerprint density at radius 1 is 1.53 bits per heavy atom. The summed E-state index contributed by atoms with van der Waals surface area (Å²) in [7, 11) is 0. The number of aliphatic hydroxyl groups is 1. The fraction of sp³-hybridized carbons (Fsp3) is 0.600. The lowest BCUT2D eigenvalue weighted by molar-refractivity contribution is -0.138. The van der Waals surface area contributed by atoms with E-state index in [9.17, 15) is 14.7 Å². The Kier molecular flexibility index (Phi) is 7.71. The minimum atomic E-state index is -1.19. The first kappa shape index (κ1) is 15.4. The molecule has 0 fully saturated rings. The molecule has 7 heteroatoms. The first-order valence-corrected chi connectivity index (χ1v) is 4.95. The van der Waals surface area contributed by atoms with Crippen molar-refractivity contribution < 1.29 is 24.5 Å². The van der Waals surface area contributed by atoms with Crippen molar-refractivity contribution >= 4 is 11.9 Å². The Morgan fingerprint density at radius 3 is 2.71 bits per heavy atom. The van der Waals surface area contributed by atoms with Gasteiger partial charge in [-0.15, -0.1) is 6.42 Å². The molecule has 7 nitrogen and oxygen atoms in total. The molecule has 0 aliphatic rings. The molecule has 1 unspecified atom stereocenters. The quantitative estimate of drug-likeness (QED) is 0.297. The highest BCUT2D eigenvalue weighted by molar-refractivity contribution is 5.78. The first-order valence-electron chi connectivity index (χ1n) is 4.95. The van der Waals surface area contributed by atoms with Crippen LogP contribution in [0.5, 0.6) is 0 Å². The number of carbonyl (C=O) groups is 2. The lowest BCUT2D eigenvalue weighted by Crippen LogP contribution is -2.42. The van der Waals surface area contributed by atoms with Gasteiger partial charge in [0.15, 0.2) is 6.29 Å². The zero-order valence-corrected chi connectivity index (χ0v) is 9.26. The van der Waals surface area contributed by atoms with Gasteiger partial charge in [0, 0.05) is 19.4 Å². The van der Waals surface area contributed by atoms with Crippen LogP contribution in [0.4, 0.5) is 0 Å². The van der Waals surface area contributed by atoms with Crippen molar-refractivity contribution in [2.24, 2.45) is 5.73 Å². The molecule has 0 bridgehead atoms. The van der Waals surface area contributed by atoms with Crippen LogP contribution in [0.3, 0.4) is 0 Å². The molecule has 0 saturated carbocycles. The Balaban J connectivity index is 3.66. The van der Waals surface area contributed by atoms with E-state index in [0.29, 0.717) is 0 Å². The molecule has 1 amide bonds. The SMILES string of the molecule is C#CCOC(O)CCC(=O)NC[C@H](N)C(=O)O. The summed E-state index contributed by atoms with van der Waals surface area (Å²) in [4.78, 5) is 21.5. The number of nitrogens with one attached hydrogen (secondary N) is 1. The van der Waals surface area contributed by atoms with Crippen molar-refractivity contribution in [2.75, 3.05) is 13.2 Å². The minimum absolute atomic E-state index is 0.00191. The average molecular weight is 244 g/mol. The first-order chi connectivity index (χ1) is 7.97. The van der Waals surface area contributed by atoms with Crippen molar-refractivity contribution in [1.82, 2.24) is 5.32 Å². The Labute approximate surface area is 98.9 Å². The lowest BCUT2D eigenvalue weighted by atomic mass is 10.2. The zero-order valence-electron chi connectivity index (χ0n) is 9.26. The molecule has 5 N–H and O–H groups in total. The van der Waals surface area contributed by atoms with E-state index < -0.39 is 24.2 Å². The number of hydrogen-bond donors (Lipinski definition) is 4. The van der Waals surface area contributed by atoms with Gasteiger partial charge in [-0.05, 0) is 0 Å². The Morgan fingerprint density at radius 2 is 2.18 bits per heavy atom. The van der Waals surface area contributed by atoms with E-state index >= 15 is 0 Å². The van der Waals surface area contributed by atoms with Gasteiger partial charge in [0.2, 0.25) is 5.91 Å². The second-order valence-electron chi connectivity index (χ2n) is 3.26. The molecule has 96 valence electrons. The molecular formula is C10H16N2O5. The van der Waals surface area contributed by atoms with E-state index in [1.54, 1.807) is 0 Å². The number of carbonyl (C=O) groups excluding carboxylic acids is 1. The molecule has 0 radical (unpaired) electrons. The summed E-state index contributed by atoms with van der Waals surface area (Å²) < 4.78 is 4.73. The number of rotatable bonds is 8. The largest absolute Gasteiger partial charge is 0.480 e. The van der Waals surface area contributed by atoms with Gasteiger partial charge < -0.3 is 26.0 Å². The minimum Gasteiger partial charge on any atom is -0.480 e. The van der Waals surface area contributed by atoms with E-state index in [4.69, 9.17) is 22.0 Å². The topological polar surface area (TPSA) is 122 Å². The standard InChI is InChI=1S/C10H16N2O5/c1-2-5-17-9(14)4-3-8(13)12-6-7(11)10(15)16/h1,7,9,14H,3-6,11H2,(H,12,13)(H,15,16)/t7-,9?/m0/s1. The molecule has 0 aromatic heterocycles. The molecular weight excluding hydrogens is 228 g/mol. The number of carboxylic acids is 1. The monoisotopic (exact) mass is 244 g/mol. The molecule has 0 aliphatic heterocycles. The summed E-state index contributed by atoms with van der Waals surface area (Å²) in [6.45, 7) is -0.192. The Bertz CT molecular complexity index is 300.